The van der Waals surface area contributed by atoms with E-state index in [1.165, 1.54) is 19.3 Å². The third-order valence-electron chi connectivity index (χ3n) is 3.67. The van der Waals surface area contributed by atoms with Crippen LogP contribution in [0.15, 0.2) is 0 Å². The molecular weight excluding hydrogens is 158 g/mol. The molecule has 3 unspecified atom stereocenters. The summed E-state index contributed by atoms with van der Waals surface area (Å²) in [7, 11) is 0. The third-order valence-corrected chi connectivity index (χ3v) is 3.67. The van der Waals surface area contributed by atoms with Gasteiger partial charge in [-0.3, -0.25) is 0 Å². The summed E-state index contributed by atoms with van der Waals surface area (Å²) in [4.78, 5) is 0. The molecule has 0 aliphatic heterocycles. The maximum Gasteiger partial charge on any atom is -0.00460 e. The topological polar surface area (TPSA) is 26.0 Å². The first kappa shape index (κ1) is 11.0. The highest BCUT2D eigenvalue weighted by molar-refractivity contribution is 4.86. The van der Waals surface area contributed by atoms with Crippen molar-refractivity contribution >= 4 is 0 Å². The smallest absolute Gasteiger partial charge is 0.00460 e. The van der Waals surface area contributed by atoms with Crippen molar-refractivity contribution in [2.24, 2.45) is 28.9 Å². The normalized spacial score (nSPS) is 36.2. The zero-order valence-electron chi connectivity index (χ0n) is 9.64. The average molecular weight is 183 g/mol. The van der Waals surface area contributed by atoms with Crippen molar-refractivity contribution in [3.05, 3.63) is 0 Å². The summed E-state index contributed by atoms with van der Waals surface area (Å²) in [5, 5.41) is 0. The van der Waals surface area contributed by atoms with Gasteiger partial charge in [-0.25, -0.2) is 0 Å². The molecule has 0 amide bonds. The molecule has 0 bridgehead atoms. The van der Waals surface area contributed by atoms with E-state index in [1.54, 1.807) is 0 Å². The van der Waals surface area contributed by atoms with Crippen molar-refractivity contribution in [2.75, 3.05) is 6.54 Å². The highest BCUT2D eigenvalue weighted by Crippen LogP contribution is 2.43. The summed E-state index contributed by atoms with van der Waals surface area (Å²) < 4.78 is 0. The van der Waals surface area contributed by atoms with Crippen molar-refractivity contribution in [1.29, 1.82) is 0 Å². The molecule has 1 nitrogen and oxygen atoms in total. The van der Waals surface area contributed by atoms with E-state index in [2.05, 4.69) is 27.7 Å². The molecule has 0 aromatic heterocycles. The first-order valence-corrected chi connectivity index (χ1v) is 5.65. The molecule has 0 saturated heterocycles. The fourth-order valence-corrected chi connectivity index (χ4v) is 2.79. The van der Waals surface area contributed by atoms with Crippen LogP contribution in [0.25, 0.3) is 0 Å². The first-order chi connectivity index (χ1) is 5.95. The number of nitrogens with two attached hydrogens (primary N) is 1. The lowest BCUT2D eigenvalue weighted by atomic mass is 9.64. The Balaban J connectivity index is 2.65. The van der Waals surface area contributed by atoms with Gasteiger partial charge in [-0.05, 0) is 42.6 Å². The van der Waals surface area contributed by atoms with Gasteiger partial charge in [0, 0.05) is 0 Å². The molecule has 1 aliphatic rings. The molecule has 1 saturated carbocycles. The second kappa shape index (κ2) is 4.00. The van der Waals surface area contributed by atoms with E-state index in [0.717, 1.165) is 24.3 Å². The summed E-state index contributed by atoms with van der Waals surface area (Å²) >= 11 is 0. The molecule has 78 valence electrons. The Morgan fingerprint density at radius 1 is 1.23 bits per heavy atom. The second-order valence-corrected chi connectivity index (χ2v) is 5.89. The first-order valence-electron chi connectivity index (χ1n) is 5.65. The summed E-state index contributed by atoms with van der Waals surface area (Å²) in [6.07, 6.45) is 4.11. The van der Waals surface area contributed by atoms with Crippen LogP contribution in [-0.2, 0) is 0 Å². The van der Waals surface area contributed by atoms with Crippen LogP contribution in [0.1, 0.15) is 47.0 Å². The predicted molar refractivity (Wildman–Crippen MR) is 58.5 cm³/mol. The fraction of sp³-hybridized carbons (Fsp3) is 1.00. The molecule has 0 heterocycles. The minimum absolute atomic E-state index is 0.443. The quantitative estimate of drug-likeness (QED) is 0.664. The van der Waals surface area contributed by atoms with Gasteiger partial charge in [0.05, 0.1) is 0 Å². The minimum atomic E-state index is 0.443. The maximum atomic E-state index is 5.84. The fourth-order valence-electron chi connectivity index (χ4n) is 2.79. The van der Waals surface area contributed by atoms with E-state index in [-0.39, 0.29) is 0 Å². The molecular formula is C12H25N. The Hall–Kier alpha value is -0.0400. The van der Waals surface area contributed by atoms with E-state index in [1.807, 2.05) is 0 Å². The zero-order valence-corrected chi connectivity index (χ0v) is 9.64. The van der Waals surface area contributed by atoms with Gasteiger partial charge in [0.2, 0.25) is 0 Å². The van der Waals surface area contributed by atoms with Crippen LogP contribution >= 0.6 is 0 Å². The van der Waals surface area contributed by atoms with Crippen LogP contribution in [0.2, 0.25) is 0 Å². The largest absolute Gasteiger partial charge is 0.330 e. The van der Waals surface area contributed by atoms with E-state index in [9.17, 15) is 0 Å². The zero-order chi connectivity index (χ0) is 10.1. The lowest BCUT2D eigenvalue weighted by molar-refractivity contribution is 0.0858. The summed E-state index contributed by atoms with van der Waals surface area (Å²) in [6, 6.07) is 0. The Bertz CT molecular complexity index is 157. The maximum absolute atomic E-state index is 5.84. The summed E-state index contributed by atoms with van der Waals surface area (Å²) in [5.74, 6) is 2.52. The van der Waals surface area contributed by atoms with E-state index < -0.39 is 0 Å². The van der Waals surface area contributed by atoms with Gasteiger partial charge in [0.15, 0.2) is 0 Å². The van der Waals surface area contributed by atoms with Gasteiger partial charge in [0.25, 0.3) is 0 Å². The van der Waals surface area contributed by atoms with Gasteiger partial charge >= 0.3 is 0 Å². The molecule has 0 spiro atoms. The lowest BCUT2D eigenvalue weighted by Gasteiger charge is -2.42. The Morgan fingerprint density at radius 2 is 1.85 bits per heavy atom. The predicted octanol–water partition coefficient (Wildman–Crippen LogP) is 3.04. The number of rotatable bonds is 1. The van der Waals surface area contributed by atoms with E-state index in [4.69, 9.17) is 5.73 Å². The summed E-state index contributed by atoms with van der Waals surface area (Å²) in [6.45, 7) is 10.3. The molecule has 1 rings (SSSR count). The monoisotopic (exact) mass is 183 g/mol. The molecule has 0 aromatic rings. The van der Waals surface area contributed by atoms with Crippen LogP contribution in [0.5, 0.6) is 0 Å². The van der Waals surface area contributed by atoms with Crippen molar-refractivity contribution in [3.8, 4) is 0 Å². The van der Waals surface area contributed by atoms with Crippen molar-refractivity contribution in [1.82, 2.24) is 0 Å². The van der Waals surface area contributed by atoms with E-state index >= 15 is 0 Å². The number of hydrogen-bond donors (Lipinski definition) is 1. The standard InChI is InChI=1S/C12H25N/c1-9-5-6-10(8-13)11(7-9)12(2,3)4/h9-11H,5-8,13H2,1-4H3. The molecule has 1 aliphatic carbocycles. The van der Waals surface area contributed by atoms with Crippen LogP contribution in [0.4, 0.5) is 0 Å². The molecule has 1 heteroatoms. The second-order valence-electron chi connectivity index (χ2n) is 5.89. The van der Waals surface area contributed by atoms with Crippen LogP contribution < -0.4 is 5.73 Å². The highest BCUT2D eigenvalue weighted by atomic mass is 14.6. The number of hydrogen-bond acceptors (Lipinski definition) is 1. The Kier molecular flexibility index (Phi) is 3.39. The molecule has 0 radical (unpaired) electrons. The Morgan fingerprint density at radius 3 is 2.31 bits per heavy atom. The molecule has 2 N–H and O–H groups in total. The Labute approximate surface area is 83.1 Å². The highest BCUT2D eigenvalue weighted by Gasteiger charge is 2.35. The van der Waals surface area contributed by atoms with Crippen LogP contribution in [-0.4, -0.2) is 6.54 Å². The minimum Gasteiger partial charge on any atom is -0.330 e. The van der Waals surface area contributed by atoms with Gasteiger partial charge in [-0.1, -0.05) is 34.1 Å². The molecule has 13 heavy (non-hydrogen) atoms. The van der Waals surface area contributed by atoms with Crippen LogP contribution in [0.3, 0.4) is 0 Å². The van der Waals surface area contributed by atoms with Crippen molar-refractivity contribution in [2.45, 2.75) is 47.0 Å². The van der Waals surface area contributed by atoms with Crippen LogP contribution in [0, 0.1) is 23.2 Å². The van der Waals surface area contributed by atoms with Gasteiger partial charge in [-0.2, -0.15) is 0 Å². The lowest BCUT2D eigenvalue weighted by Crippen LogP contribution is -2.37. The molecule has 0 aromatic carbocycles. The molecule has 1 fully saturated rings. The third kappa shape index (κ3) is 2.70. The van der Waals surface area contributed by atoms with Gasteiger partial charge in [-0.15, -0.1) is 0 Å². The van der Waals surface area contributed by atoms with Crippen molar-refractivity contribution in [3.63, 3.8) is 0 Å². The SMILES string of the molecule is CC1CCC(CN)C(C(C)(C)C)C1. The van der Waals surface area contributed by atoms with Gasteiger partial charge in [0.1, 0.15) is 0 Å². The summed E-state index contributed by atoms with van der Waals surface area (Å²) in [5.41, 5.74) is 6.28. The van der Waals surface area contributed by atoms with Crippen molar-refractivity contribution < 1.29 is 0 Å². The molecule has 3 atom stereocenters. The van der Waals surface area contributed by atoms with Gasteiger partial charge < -0.3 is 5.73 Å². The average Bonchev–Trinajstić information content (AvgIpc) is 2.03. The van der Waals surface area contributed by atoms with E-state index in [0.29, 0.717) is 5.41 Å².